The Bertz CT molecular complexity index is 384. The van der Waals surface area contributed by atoms with Gasteiger partial charge in [-0.1, -0.05) is 15.9 Å². The largest absolute Gasteiger partial charge is 0.328 e. The Labute approximate surface area is 75.2 Å². The highest BCUT2D eigenvalue weighted by Gasteiger charge is 2.01. The van der Waals surface area contributed by atoms with Crippen molar-refractivity contribution in [2.75, 3.05) is 5.33 Å². The lowest BCUT2D eigenvalue weighted by molar-refractivity contribution is 0.562. The van der Waals surface area contributed by atoms with Crippen LogP contribution in [0.1, 0.15) is 0 Å². The number of rotatable bonds is 2. The van der Waals surface area contributed by atoms with Crippen LogP contribution in [-0.2, 0) is 6.54 Å². The van der Waals surface area contributed by atoms with E-state index in [2.05, 4.69) is 15.9 Å². The van der Waals surface area contributed by atoms with E-state index in [1.807, 2.05) is 4.98 Å². The number of alkyl halides is 1. The zero-order valence-corrected chi connectivity index (χ0v) is 7.60. The van der Waals surface area contributed by atoms with Gasteiger partial charge in [0.15, 0.2) is 0 Å². The Balaban J connectivity index is 3.24. The monoisotopic (exact) mass is 236 g/mol. The maximum absolute atomic E-state index is 12.6. The van der Waals surface area contributed by atoms with E-state index in [-0.39, 0.29) is 0 Å². The number of nitrogens with one attached hydrogen (secondary N) is 1. The molecule has 1 aromatic heterocycles. The van der Waals surface area contributed by atoms with Crippen LogP contribution in [0.3, 0.4) is 0 Å². The van der Waals surface area contributed by atoms with Crippen LogP contribution in [-0.4, -0.2) is 14.9 Å². The van der Waals surface area contributed by atoms with Gasteiger partial charge in [-0.05, 0) is 0 Å². The number of H-pyrrole nitrogens is 1. The van der Waals surface area contributed by atoms with Crippen molar-refractivity contribution >= 4 is 15.9 Å². The summed E-state index contributed by atoms with van der Waals surface area (Å²) in [6, 6.07) is 0. The molecule has 0 atom stereocenters. The molecule has 0 bridgehead atoms. The lowest BCUT2D eigenvalue weighted by atomic mass is 10.6. The molecule has 0 radical (unpaired) electrons. The second-order valence-corrected chi connectivity index (χ2v) is 2.91. The van der Waals surface area contributed by atoms with Crippen molar-refractivity contribution in [3.8, 4) is 0 Å². The average Bonchev–Trinajstić information content (AvgIpc) is 2.01. The third-order valence-electron chi connectivity index (χ3n) is 1.29. The smallest absolute Gasteiger partial charge is 0.297 e. The molecule has 66 valence electrons. The fraction of sp³-hybridized carbons (Fsp3) is 0.333. The molecule has 6 heteroatoms. The van der Waals surface area contributed by atoms with Gasteiger partial charge in [0.25, 0.3) is 5.56 Å². The summed E-state index contributed by atoms with van der Waals surface area (Å²) in [4.78, 5) is 23.3. The van der Waals surface area contributed by atoms with Gasteiger partial charge in [0.05, 0.1) is 6.20 Å². The van der Waals surface area contributed by atoms with Crippen molar-refractivity contribution in [1.29, 1.82) is 0 Å². The molecule has 0 fully saturated rings. The topological polar surface area (TPSA) is 54.9 Å². The highest BCUT2D eigenvalue weighted by Crippen LogP contribution is 1.86. The second kappa shape index (κ2) is 3.66. The minimum atomic E-state index is -0.981. The van der Waals surface area contributed by atoms with Crippen LogP contribution in [0, 0.1) is 5.82 Å². The fourth-order valence-electron chi connectivity index (χ4n) is 0.740. The van der Waals surface area contributed by atoms with Gasteiger partial charge in [0.2, 0.25) is 5.82 Å². The molecule has 0 saturated heterocycles. The molecule has 12 heavy (non-hydrogen) atoms. The summed E-state index contributed by atoms with van der Waals surface area (Å²) in [5.41, 5.74) is -1.58. The molecular weight excluding hydrogens is 231 g/mol. The zero-order valence-electron chi connectivity index (χ0n) is 6.01. The van der Waals surface area contributed by atoms with Gasteiger partial charge in [-0.25, -0.2) is 4.79 Å². The molecule has 1 aromatic rings. The van der Waals surface area contributed by atoms with E-state index in [1.165, 1.54) is 0 Å². The summed E-state index contributed by atoms with van der Waals surface area (Å²) in [5.74, 6) is -0.949. The third kappa shape index (κ3) is 1.82. The van der Waals surface area contributed by atoms with Crippen molar-refractivity contribution in [1.82, 2.24) is 9.55 Å². The molecule has 0 aliphatic heterocycles. The first-order valence-corrected chi connectivity index (χ1v) is 4.32. The molecule has 0 aromatic carbocycles. The standard InChI is InChI=1S/C6H6BrFN2O2/c7-1-2-10-3-4(8)5(11)9-6(10)12/h3H,1-2H2,(H,9,11,12). The number of aromatic nitrogens is 2. The number of halogens is 2. The number of aromatic amines is 1. The summed E-state index contributed by atoms with van der Waals surface area (Å²) in [6.45, 7) is 0.326. The molecule has 0 aliphatic rings. The molecule has 0 unspecified atom stereocenters. The number of hydrogen-bond donors (Lipinski definition) is 1. The lowest BCUT2D eigenvalue weighted by Crippen LogP contribution is -2.31. The van der Waals surface area contributed by atoms with Gasteiger partial charge in [-0.15, -0.1) is 0 Å². The highest BCUT2D eigenvalue weighted by molar-refractivity contribution is 9.09. The molecule has 1 N–H and O–H groups in total. The summed E-state index contributed by atoms with van der Waals surface area (Å²) in [5, 5.41) is 0.526. The Morgan fingerprint density at radius 3 is 2.83 bits per heavy atom. The maximum atomic E-state index is 12.6. The van der Waals surface area contributed by atoms with Crippen LogP contribution in [0.4, 0.5) is 4.39 Å². The van der Waals surface area contributed by atoms with Gasteiger partial charge in [0.1, 0.15) is 0 Å². The molecule has 1 heterocycles. The van der Waals surface area contributed by atoms with Crippen molar-refractivity contribution in [2.45, 2.75) is 6.54 Å². The van der Waals surface area contributed by atoms with Gasteiger partial charge in [-0.2, -0.15) is 4.39 Å². The first kappa shape index (κ1) is 9.18. The summed E-state index contributed by atoms with van der Waals surface area (Å²) in [7, 11) is 0. The van der Waals surface area contributed by atoms with Crippen LogP contribution in [0.2, 0.25) is 0 Å². The Kier molecular flexibility index (Phi) is 2.80. The van der Waals surface area contributed by atoms with E-state index in [4.69, 9.17) is 0 Å². The normalized spacial score (nSPS) is 10.2. The van der Waals surface area contributed by atoms with E-state index in [9.17, 15) is 14.0 Å². The molecule has 0 spiro atoms. The van der Waals surface area contributed by atoms with Crippen LogP contribution < -0.4 is 11.2 Å². The first-order chi connectivity index (χ1) is 5.65. The van der Waals surface area contributed by atoms with E-state index >= 15 is 0 Å². The first-order valence-electron chi connectivity index (χ1n) is 3.20. The number of hydrogen-bond acceptors (Lipinski definition) is 2. The molecule has 0 aliphatic carbocycles. The van der Waals surface area contributed by atoms with Gasteiger partial charge in [-0.3, -0.25) is 14.3 Å². The van der Waals surface area contributed by atoms with Gasteiger partial charge >= 0.3 is 5.69 Å². The highest BCUT2D eigenvalue weighted by atomic mass is 79.9. The van der Waals surface area contributed by atoms with Crippen LogP contribution >= 0.6 is 15.9 Å². The van der Waals surface area contributed by atoms with Crippen molar-refractivity contribution < 1.29 is 4.39 Å². The zero-order chi connectivity index (χ0) is 9.14. The molecule has 0 amide bonds. The summed E-state index contributed by atoms with van der Waals surface area (Å²) < 4.78 is 13.7. The van der Waals surface area contributed by atoms with Crippen LogP contribution in [0.5, 0.6) is 0 Å². The molecule has 0 saturated carbocycles. The van der Waals surface area contributed by atoms with E-state index < -0.39 is 17.1 Å². The van der Waals surface area contributed by atoms with Crippen LogP contribution in [0.25, 0.3) is 0 Å². The minimum absolute atomic E-state index is 0.326. The predicted octanol–water partition coefficient (Wildman–Crippen LogP) is 0.0706. The second-order valence-electron chi connectivity index (χ2n) is 2.12. The third-order valence-corrected chi connectivity index (χ3v) is 1.65. The molecule has 1 rings (SSSR count). The van der Waals surface area contributed by atoms with Gasteiger partial charge < -0.3 is 0 Å². The van der Waals surface area contributed by atoms with E-state index in [0.717, 1.165) is 10.8 Å². The van der Waals surface area contributed by atoms with Gasteiger partial charge in [0, 0.05) is 11.9 Å². The minimum Gasteiger partial charge on any atom is -0.297 e. The SMILES string of the molecule is O=c1[nH]c(=O)n(CCBr)cc1F. The van der Waals surface area contributed by atoms with E-state index in [0.29, 0.717) is 11.9 Å². The van der Waals surface area contributed by atoms with Crippen molar-refractivity contribution in [3.05, 3.63) is 32.9 Å². The van der Waals surface area contributed by atoms with Crippen LogP contribution in [0.15, 0.2) is 15.8 Å². The average molecular weight is 237 g/mol. The maximum Gasteiger partial charge on any atom is 0.328 e. The molecular formula is C6H6BrFN2O2. The Morgan fingerprint density at radius 1 is 1.58 bits per heavy atom. The predicted molar refractivity (Wildman–Crippen MR) is 45.1 cm³/mol. The lowest BCUT2D eigenvalue weighted by Gasteiger charge is -1.99. The number of nitrogens with zero attached hydrogens (tertiary/aromatic N) is 1. The number of aryl methyl sites for hydroxylation is 1. The quantitative estimate of drug-likeness (QED) is 0.740. The summed E-state index contributed by atoms with van der Waals surface area (Å²) in [6.07, 6.45) is 0.891. The summed E-state index contributed by atoms with van der Waals surface area (Å²) >= 11 is 3.09. The van der Waals surface area contributed by atoms with Crippen molar-refractivity contribution in [3.63, 3.8) is 0 Å². The fourth-order valence-corrected chi connectivity index (χ4v) is 1.12. The van der Waals surface area contributed by atoms with Crippen molar-refractivity contribution in [2.24, 2.45) is 0 Å². The Hall–Kier alpha value is -0.910. The Morgan fingerprint density at radius 2 is 2.25 bits per heavy atom. The molecule has 4 nitrogen and oxygen atoms in total. The van der Waals surface area contributed by atoms with E-state index in [1.54, 1.807) is 0 Å².